The fraction of sp³-hybridized carbons (Fsp3) is 0.769. The van der Waals surface area contributed by atoms with Crippen molar-refractivity contribution in [3.63, 3.8) is 0 Å². The Morgan fingerprint density at radius 2 is 2.18 bits per heavy atom. The topological polar surface area (TPSA) is 28.2 Å². The molecular weight excluding hydrogens is 230 g/mol. The highest BCUT2D eigenvalue weighted by molar-refractivity contribution is 7.09. The van der Waals surface area contributed by atoms with Gasteiger partial charge in [-0.15, -0.1) is 11.3 Å². The van der Waals surface area contributed by atoms with Crippen molar-refractivity contribution in [3.8, 4) is 0 Å². The van der Waals surface area contributed by atoms with Crippen LogP contribution in [0, 0.1) is 0 Å². The van der Waals surface area contributed by atoms with E-state index in [1.165, 1.54) is 30.9 Å². The molecule has 1 fully saturated rings. The standard InChI is InChI=1S/C13H23N3S/c1-4-14-11-5-8-16(9-6-11)13(2,3)12-15-7-10-17-12/h7,10-11,14H,4-6,8-9H2,1-3H3. The highest BCUT2D eigenvalue weighted by Gasteiger charge is 2.33. The van der Waals surface area contributed by atoms with Gasteiger partial charge in [0.15, 0.2) is 0 Å². The van der Waals surface area contributed by atoms with Gasteiger partial charge in [-0.1, -0.05) is 6.92 Å². The van der Waals surface area contributed by atoms with Crippen LogP contribution < -0.4 is 5.32 Å². The van der Waals surface area contributed by atoms with Crippen LogP contribution in [0.15, 0.2) is 11.6 Å². The van der Waals surface area contributed by atoms with Gasteiger partial charge in [-0.2, -0.15) is 0 Å². The van der Waals surface area contributed by atoms with Crippen molar-refractivity contribution < 1.29 is 0 Å². The number of thiazole rings is 1. The van der Waals surface area contributed by atoms with E-state index in [-0.39, 0.29) is 5.54 Å². The second kappa shape index (κ2) is 5.46. The summed E-state index contributed by atoms with van der Waals surface area (Å²) in [5, 5.41) is 6.86. The molecule has 4 heteroatoms. The lowest BCUT2D eigenvalue weighted by atomic mass is 9.97. The number of hydrogen-bond donors (Lipinski definition) is 1. The third-order valence-corrected chi connectivity index (χ3v) is 4.82. The Kier molecular flexibility index (Phi) is 4.17. The largest absolute Gasteiger partial charge is 0.314 e. The van der Waals surface area contributed by atoms with Crippen molar-refractivity contribution in [1.29, 1.82) is 0 Å². The first-order valence-corrected chi connectivity index (χ1v) is 7.41. The van der Waals surface area contributed by atoms with E-state index in [0.717, 1.165) is 6.54 Å². The number of nitrogens with one attached hydrogen (secondary N) is 1. The van der Waals surface area contributed by atoms with E-state index in [4.69, 9.17) is 0 Å². The fourth-order valence-electron chi connectivity index (χ4n) is 2.59. The quantitative estimate of drug-likeness (QED) is 0.893. The molecule has 0 atom stereocenters. The summed E-state index contributed by atoms with van der Waals surface area (Å²) in [5.74, 6) is 0. The van der Waals surface area contributed by atoms with Gasteiger partial charge < -0.3 is 5.32 Å². The molecule has 1 aromatic heterocycles. The molecule has 0 bridgehead atoms. The minimum absolute atomic E-state index is 0.0886. The van der Waals surface area contributed by atoms with Gasteiger partial charge in [-0.25, -0.2) is 4.98 Å². The van der Waals surface area contributed by atoms with E-state index < -0.39 is 0 Å². The Morgan fingerprint density at radius 1 is 1.47 bits per heavy atom. The second-order valence-electron chi connectivity index (χ2n) is 5.22. The molecular formula is C13H23N3S. The number of aromatic nitrogens is 1. The van der Waals surface area contributed by atoms with Crippen LogP contribution in [-0.4, -0.2) is 35.6 Å². The molecule has 1 aliphatic rings. The van der Waals surface area contributed by atoms with Crippen LogP contribution in [0.3, 0.4) is 0 Å². The summed E-state index contributed by atoms with van der Waals surface area (Å²) in [6.07, 6.45) is 4.42. The van der Waals surface area contributed by atoms with Crippen LogP contribution >= 0.6 is 11.3 Å². The maximum Gasteiger partial charge on any atom is 0.112 e. The fourth-order valence-corrected chi connectivity index (χ4v) is 3.38. The zero-order valence-electron chi connectivity index (χ0n) is 11.1. The monoisotopic (exact) mass is 253 g/mol. The highest BCUT2D eigenvalue weighted by atomic mass is 32.1. The van der Waals surface area contributed by atoms with Crippen molar-refractivity contribution >= 4 is 11.3 Å². The summed E-state index contributed by atoms with van der Waals surface area (Å²) in [4.78, 5) is 7.05. The molecule has 0 aromatic carbocycles. The minimum atomic E-state index is 0.0886. The predicted octanol–water partition coefficient (Wildman–Crippen LogP) is 2.45. The van der Waals surface area contributed by atoms with E-state index in [0.29, 0.717) is 6.04 Å². The summed E-state index contributed by atoms with van der Waals surface area (Å²) in [6, 6.07) is 0.711. The van der Waals surface area contributed by atoms with Crippen LogP contribution in [0.5, 0.6) is 0 Å². The molecule has 17 heavy (non-hydrogen) atoms. The summed E-state index contributed by atoms with van der Waals surface area (Å²) in [5.41, 5.74) is 0.0886. The van der Waals surface area contributed by atoms with Crippen LogP contribution in [-0.2, 0) is 5.54 Å². The molecule has 1 aliphatic heterocycles. The van der Waals surface area contributed by atoms with Gasteiger partial charge in [-0.3, -0.25) is 4.90 Å². The number of rotatable bonds is 4. The predicted molar refractivity (Wildman–Crippen MR) is 73.4 cm³/mol. The molecule has 1 saturated heterocycles. The van der Waals surface area contributed by atoms with E-state index in [9.17, 15) is 0 Å². The number of hydrogen-bond acceptors (Lipinski definition) is 4. The van der Waals surface area contributed by atoms with Crippen molar-refractivity contribution in [3.05, 3.63) is 16.6 Å². The number of nitrogens with zero attached hydrogens (tertiary/aromatic N) is 2. The molecule has 0 saturated carbocycles. The molecule has 2 rings (SSSR count). The molecule has 2 heterocycles. The number of likely N-dealkylation sites (tertiary alicyclic amines) is 1. The Balaban J connectivity index is 1.96. The normalized spacial score (nSPS) is 19.7. The molecule has 0 aliphatic carbocycles. The zero-order valence-corrected chi connectivity index (χ0v) is 11.9. The van der Waals surface area contributed by atoms with Gasteiger partial charge >= 0.3 is 0 Å². The second-order valence-corrected chi connectivity index (χ2v) is 6.11. The molecule has 96 valence electrons. The summed E-state index contributed by atoms with van der Waals surface area (Å²) < 4.78 is 0. The average molecular weight is 253 g/mol. The van der Waals surface area contributed by atoms with Gasteiger partial charge in [0.2, 0.25) is 0 Å². The smallest absolute Gasteiger partial charge is 0.112 e. The lowest BCUT2D eigenvalue weighted by Crippen LogP contribution is -2.49. The van der Waals surface area contributed by atoms with E-state index in [1.807, 2.05) is 6.20 Å². The van der Waals surface area contributed by atoms with Crippen LogP contribution in [0.4, 0.5) is 0 Å². The molecule has 1 aromatic rings. The van der Waals surface area contributed by atoms with Gasteiger partial charge in [0, 0.05) is 30.7 Å². The van der Waals surface area contributed by atoms with Gasteiger partial charge in [0.1, 0.15) is 5.01 Å². The molecule has 0 spiro atoms. The summed E-state index contributed by atoms with van der Waals surface area (Å²) in [7, 11) is 0. The van der Waals surface area contributed by atoms with E-state index >= 15 is 0 Å². The third-order valence-electron chi connectivity index (χ3n) is 3.73. The van der Waals surface area contributed by atoms with Gasteiger partial charge in [-0.05, 0) is 33.2 Å². The molecule has 0 amide bonds. The first-order valence-electron chi connectivity index (χ1n) is 6.53. The summed E-state index contributed by atoms with van der Waals surface area (Å²) in [6.45, 7) is 10.2. The van der Waals surface area contributed by atoms with Crippen molar-refractivity contribution in [2.45, 2.75) is 45.2 Å². The van der Waals surface area contributed by atoms with Gasteiger partial charge in [0.25, 0.3) is 0 Å². The van der Waals surface area contributed by atoms with E-state index in [2.05, 4.69) is 41.4 Å². The molecule has 0 radical (unpaired) electrons. The first kappa shape index (κ1) is 13.0. The lowest BCUT2D eigenvalue weighted by molar-refractivity contribution is 0.0815. The molecule has 3 nitrogen and oxygen atoms in total. The van der Waals surface area contributed by atoms with Gasteiger partial charge in [0.05, 0.1) is 5.54 Å². The minimum Gasteiger partial charge on any atom is -0.314 e. The van der Waals surface area contributed by atoms with Crippen molar-refractivity contribution in [1.82, 2.24) is 15.2 Å². The van der Waals surface area contributed by atoms with Crippen LogP contribution in [0.2, 0.25) is 0 Å². The van der Waals surface area contributed by atoms with Crippen LogP contribution in [0.25, 0.3) is 0 Å². The van der Waals surface area contributed by atoms with Crippen molar-refractivity contribution in [2.24, 2.45) is 0 Å². The Hall–Kier alpha value is -0.450. The van der Waals surface area contributed by atoms with E-state index in [1.54, 1.807) is 11.3 Å². The Morgan fingerprint density at radius 3 is 2.71 bits per heavy atom. The zero-order chi connectivity index (χ0) is 12.3. The first-order chi connectivity index (χ1) is 8.14. The SMILES string of the molecule is CCNC1CCN(C(C)(C)c2nccs2)CC1. The Bertz CT molecular complexity index is 326. The Labute approximate surface area is 108 Å². The van der Waals surface area contributed by atoms with Crippen molar-refractivity contribution in [2.75, 3.05) is 19.6 Å². The molecule has 0 unspecified atom stereocenters. The summed E-state index contributed by atoms with van der Waals surface area (Å²) >= 11 is 1.77. The third kappa shape index (κ3) is 2.87. The average Bonchev–Trinajstić information content (AvgIpc) is 2.84. The maximum absolute atomic E-state index is 4.48. The number of piperidine rings is 1. The lowest BCUT2D eigenvalue weighted by Gasteiger charge is -2.42. The highest BCUT2D eigenvalue weighted by Crippen LogP contribution is 2.31. The molecule has 1 N–H and O–H groups in total. The van der Waals surface area contributed by atoms with Crippen LogP contribution in [0.1, 0.15) is 38.6 Å². The maximum atomic E-state index is 4.48.